The van der Waals surface area contributed by atoms with Gasteiger partial charge in [-0.25, -0.2) is 13.2 Å². The third-order valence-electron chi connectivity index (χ3n) is 5.73. The van der Waals surface area contributed by atoms with E-state index in [9.17, 15) is 22.8 Å². The highest BCUT2D eigenvalue weighted by molar-refractivity contribution is 7.89. The van der Waals surface area contributed by atoms with Crippen LogP contribution in [0.5, 0.6) is 5.75 Å². The molecule has 11 heteroatoms. The summed E-state index contributed by atoms with van der Waals surface area (Å²) in [6, 6.07) is 11.7. The Morgan fingerprint density at radius 2 is 1.65 bits per heavy atom. The van der Waals surface area contributed by atoms with Crippen LogP contribution in [0.1, 0.15) is 26.3 Å². The molecule has 1 fully saturated rings. The number of nitrogens with zero attached hydrogens (tertiary/aromatic N) is 2. The summed E-state index contributed by atoms with van der Waals surface area (Å²) in [5.41, 5.74) is -0.419. The first-order chi connectivity index (χ1) is 16.1. The van der Waals surface area contributed by atoms with E-state index >= 15 is 0 Å². The average molecular weight is 489 g/mol. The van der Waals surface area contributed by atoms with E-state index in [1.165, 1.54) is 35.7 Å². The third kappa shape index (κ3) is 4.75. The van der Waals surface area contributed by atoms with Crippen molar-refractivity contribution in [1.82, 2.24) is 14.5 Å². The summed E-state index contributed by atoms with van der Waals surface area (Å²) in [7, 11) is -2.09. The number of nitrogens with one attached hydrogen (secondary N) is 2. The number of rotatable bonds is 9. The number of carbonyl (C=O) groups is 3. The molecule has 0 saturated carbocycles. The molecule has 4 amide bonds. The van der Waals surface area contributed by atoms with Gasteiger partial charge < -0.3 is 15.4 Å². The van der Waals surface area contributed by atoms with Crippen LogP contribution in [0, 0.1) is 0 Å². The minimum absolute atomic E-state index is 0.110. The number of benzene rings is 2. The molecule has 0 aromatic heterocycles. The standard InChI is InChI=1S/C23H28N4O6S/c1-5-26(6-2)34(31,32)19-13-9-17(10-14-19)24-20(28)15-27-21(29)23(3,25-22(27)30)16-7-11-18(33-4)12-8-16/h7-14H,5-6,15H2,1-4H3,(H,24,28)(H,25,30)/t23-/m1/s1. The summed E-state index contributed by atoms with van der Waals surface area (Å²) in [6.45, 7) is 5.28. The topological polar surface area (TPSA) is 125 Å². The summed E-state index contributed by atoms with van der Waals surface area (Å²) in [6.07, 6.45) is 0. The largest absolute Gasteiger partial charge is 0.497 e. The fourth-order valence-electron chi connectivity index (χ4n) is 3.73. The highest BCUT2D eigenvalue weighted by atomic mass is 32.2. The van der Waals surface area contributed by atoms with Gasteiger partial charge in [0, 0.05) is 18.8 Å². The van der Waals surface area contributed by atoms with E-state index in [0.29, 0.717) is 30.1 Å². The Kier molecular flexibility index (Phi) is 7.27. The van der Waals surface area contributed by atoms with Gasteiger partial charge in [0.05, 0.1) is 12.0 Å². The Morgan fingerprint density at radius 1 is 1.06 bits per heavy atom. The van der Waals surface area contributed by atoms with Crippen LogP contribution in [-0.2, 0) is 25.2 Å². The van der Waals surface area contributed by atoms with Crippen molar-refractivity contribution in [3.63, 3.8) is 0 Å². The van der Waals surface area contributed by atoms with Gasteiger partial charge in [-0.3, -0.25) is 14.5 Å². The number of ether oxygens (including phenoxy) is 1. The molecule has 0 aliphatic carbocycles. The van der Waals surface area contributed by atoms with E-state index in [-0.39, 0.29) is 4.90 Å². The van der Waals surface area contributed by atoms with Gasteiger partial charge in [-0.2, -0.15) is 4.31 Å². The Bertz CT molecular complexity index is 1180. The van der Waals surface area contributed by atoms with Crippen LogP contribution in [0.25, 0.3) is 0 Å². The molecule has 1 aliphatic heterocycles. The second-order valence-electron chi connectivity index (χ2n) is 7.84. The minimum atomic E-state index is -3.62. The number of methoxy groups -OCH3 is 1. The van der Waals surface area contributed by atoms with Crippen LogP contribution in [0.2, 0.25) is 0 Å². The Hall–Kier alpha value is -3.44. The van der Waals surface area contributed by atoms with Crippen LogP contribution < -0.4 is 15.4 Å². The molecule has 2 aromatic carbocycles. The smallest absolute Gasteiger partial charge is 0.325 e. The molecule has 1 atom stereocenters. The van der Waals surface area contributed by atoms with Gasteiger partial charge >= 0.3 is 6.03 Å². The molecular weight excluding hydrogens is 460 g/mol. The van der Waals surface area contributed by atoms with E-state index in [4.69, 9.17) is 4.74 Å². The molecule has 0 unspecified atom stereocenters. The molecule has 2 aromatic rings. The van der Waals surface area contributed by atoms with Crippen molar-refractivity contribution in [1.29, 1.82) is 0 Å². The number of imide groups is 1. The van der Waals surface area contributed by atoms with Crippen LogP contribution in [0.15, 0.2) is 53.4 Å². The molecule has 182 valence electrons. The molecule has 2 N–H and O–H groups in total. The van der Waals surface area contributed by atoms with Gasteiger partial charge in [0.1, 0.15) is 17.8 Å². The van der Waals surface area contributed by atoms with Crippen molar-refractivity contribution >= 4 is 33.6 Å². The zero-order valence-corrected chi connectivity index (χ0v) is 20.3. The lowest BCUT2D eigenvalue weighted by Crippen LogP contribution is -2.42. The second-order valence-corrected chi connectivity index (χ2v) is 9.77. The van der Waals surface area contributed by atoms with Crippen LogP contribution in [-0.4, -0.2) is 62.2 Å². The molecule has 3 rings (SSSR count). The van der Waals surface area contributed by atoms with Gasteiger partial charge in [0.15, 0.2) is 0 Å². The summed E-state index contributed by atoms with van der Waals surface area (Å²) in [5, 5.41) is 5.23. The SMILES string of the molecule is CCN(CC)S(=O)(=O)c1ccc(NC(=O)CN2C(=O)N[C@](C)(c3ccc(OC)cc3)C2=O)cc1. The fourth-order valence-corrected chi connectivity index (χ4v) is 5.19. The highest BCUT2D eigenvalue weighted by Crippen LogP contribution is 2.30. The van der Waals surface area contributed by atoms with Crippen molar-refractivity contribution in [3.05, 3.63) is 54.1 Å². The summed E-state index contributed by atoms with van der Waals surface area (Å²) < 4.78 is 31.6. The number of hydrogen-bond acceptors (Lipinski definition) is 6. The lowest BCUT2D eigenvalue weighted by molar-refractivity contribution is -0.133. The van der Waals surface area contributed by atoms with Gasteiger partial charge in [-0.15, -0.1) is 0 Å². The number of amides is 4. The van der Waals surface area contributed by atoms with Crippen LogP contribution in [0.4, 0.5) is 10.5 Å². The Morgan fingerprint density at radius 3 is 2.18 bits per heavy atom. The first kappa shape index (κ1) is 25.2. The van der Waals surface area contributed by atoms with E-state index in [2.05, 4.69) is 10.6 Å². The fraction of sp³-hybridized carbons (Fsp3) is 0.348. The van der Waals surface area contributed by atoms with Crippen LogP contribution in [0.3, 0.4) is 0 Å². The predicted octanol–water partition coefficient (Wildman–Crippen LogP) is 2.13. The second kappa shape index (κ2) is 9.82. The van der Waals surface area contributed by atoms with Gasteiger partial charge in [0.25, 0.3) is 5.91 Å². The molecule has 10 nitrogen and oxygen atoms in total. The van der Waals surface area contributed by atoms with Crippen molar-refractivity contribution in [2.45, 2.75) is 31.2 Å². The highest BCUT2D eigenvalue weighted by Gasteiger charge is 2.49. The molecule has 34 heavy (non-hydrogen) atoms. The zero-order valence-electron chi connectivity index (χ0n) is 19.5. The predicted molar refractivity (Wildman–Crippen MR) is 126 cm³/mol. The van der Waals surface area contributed by atoms with E-state index in [0.717, 1.165) is 4.90 Å². The third-order valence-corrected chi connectivity index (χ3v) is 7.79. The normalized spacial score (nSPS) is 18.2. The molecular formula is C23H28N4O6S. The maximum absolute atomic E-state index is 13.0. The number of hydrogen-bond donors (Lipinski definition) is 2. The summed E-state index contributed by atoms with van der Waals surface area (Å²) >= 11 is 0. The summed E-state index contributed by atoms with van der Waals surface area (Å²) in [4.78, 5) is 39.0. The first-order valence-electron chi connectivity index (χ1n) is 10.8. The number of sulfonamides is 1. The molecule has 1 aliphatic rings. The Labute approximate surface area is 198 Å². The van der Waals surface area contributed by atoms with Crippen molar-refractivity contribution in [2.75, 3.05) is 32.1 Å². The van der Waals surface area contributed by atoms with E-state index in [1.54, 1.807) is 45.0 Å². The van der Waals surface area contributed by atoms with Crippen molar-refractivity contribution < 1.29 is 27.5 Å². The van der Waals surface area contributed by atoms with Gasteiger partial charge in [-0.05, 0) is 48.9 Å². The number of urea groups is 1. The molecule has 0 spiro atoms. The maximum atomic E-state index is 13.0. The number of carbonyl (C=O) groups excluding carboxylic acids is 3. The van der Waals surface area contributed by atoms with Crippen molar-refractivity contribution in [2.24, 2.45) is 0 Å². The minimum Gasteiger partial charge on any atom is -0.497 e. The zero-order chi connectivity index (χ0) is 25.1. The number of anilines is 1. The van der Waals surface area contributed by atoms with Crippen molar-refractivity contribution in [3.8, 4) is 5.75 Å². The average Bonchev–Trinajstić information content (AvgIpc) is 3.04. The first-order valence-corrected chi connectivity index (χ1v) is 12.2. The molecule has 0 radical (unpaired) electrons. The van der Waals surface area contributed by atoms with Gasteiger partial charge in [0.2, 0.25) is 15.9 Å². The van der Waals surface area contributed by atoms with E-state index in [1.807, 2.05) is 0 Å². The monoisotopic (exact) mass is 488 g/mol. The molecule has 1 saturated heterocycles. The van der Waals surface area contributed by atoms with Gasteiger partial charge in [-0.1, -0.05) is 26.0 Å². The van der Waals surface area contributed by atoms with Crippen LogP contribution >= 0.6 is 0 Å². The lowest BCUT2D eigenvalue weighted by atomic mass is 9.92. The Balaban J connectivity index is 1.69. The molecule has 0 bridgehead atoms. The maximum Gasteiger partial charge on any atom is 0.325 e. The quantitative estimate of drug-likeness (QED) is 0.521. The summed E-state index contributed by atoms with van der Waals surface area (Å²) in [5.74, 6) is -0.545. The molecule has 1 heterocycles. The van der Waals surface area contributed by atoms with E-state index < -0.39 is 40.0 Å². The lowest BCUT2D eigenvalue weighted by Gasteiger charge is -2.22.